The van der Waals surface area contributed by atoms with Gasteiger partial charge in [0.25, 0.3) is 11.8 Å². The lowest BCUT2D eigenvalue weighted by Crippen LogP contribution is -2.31. The van der Waals surface area contributed by atoms with E-state index in [0.29, 0.717) is 0 Å². The van der Waals surface area contributed by atoms with Crippen molar-refractivity contribution in [3.63, 3.8) is 0 Å². The quantitative estimate of drug-likeness (QED) is 0.569. The maximum atomic E-state index is 12.5. The second-order valence-corrected chi connectivity index (χ2v) is 9.61. The van der Waals surface area contributed by atoms with Crippen molar-refractivity contribution in [3.8, 4) is 11.1 Å². The molecule has 0 aliphatic rings. The molecule has 0 aliphatic carbocycles. The number of hydrogen-bond donors (Lipinski definition) is 2. The van der Waals surface area contributed by atoms with E-state index >= 15 is 0 Å². The Morgan fingerprint density at radius 2 is 1.59 bits per heavy atom. The summed E-state index contributed by atoms with van der Waals surface area (Å²) in [6.07, 6.45) is 4.46. The molecule has 0 saturated heterocycles. The predicted octanol–water partition coefficient (Wildman–Crippen LogP) is 2.62. The third-order valence-electron chi connectivity index (χ3n) is 4.50. The lowest BCUT2D eigenvalue weighted by molar-refractivity contribution is 0.0936. The van der Waals surface area contributed by atoms with Gasteiger partial charge in [0, 0.05) is 36.8 Å². The molecular weight excluding hydrogens is 428 g/mol. The van der Waals surface area contributed by atoms with Crippen LogP contribution in [0.5, 0.6) is 0 Å². The Morgan fingerprint density at radius 3 is 2.22 bits per heavy atom. The van der Waals surface area contributed by atoms with Crippen molar-refractivity contribution in [3.05, 3.63) is 77.9 Å². The Hall–Kier alpha value is -3.59. The largest absolute Gasteiger partial charge is 0.349 e. The molecule has 2 amide bonds. The van der Waals surface area contributed by atoms with Crippen LogP contribution in [0.2, 0.25) is 0 Å². The summed E-state index contributed by atoms with van der Waals surface area (Å²) in [5.74, 6) is -0.749. The van der Waals surface area contributed by atoms with Gasteiger partial charge in [-0.15, -0.1) is 0 Å². The molecule has 8 nitrogen and oxygen atoms in total. The van der Waals surface area contributed by atoms with Gasteiger partial charge in [0.2, 0.25) is 0 Å². The Morgan fingerprint density at radius 1 is 0.938 bits per heavy atom. The van der Waals surface area contributed by atoms with Crippen LogP contribution in [0.3, 0.4) is 0 Å². The summed E-state index contributed by atoms with van der Waals surface area (Å²) in [6.45, 7) is 3.90. The molecule has 0 bridgehead atoms. The maximum absolute atomic E-state index is 12.5. The predicted molar refractivity (Wildman–Crippen MR) is 121 cm³/mol. The zero-order valence-electron chi connectivity index (χ0n) is 18.0. The van der Waals surface area contributed by atoms with Crippen LogP contribution in [0, 0.1) is 0 Å². The molecule has 2 heterocycles. The average Bonchev–Trinajstić information content (AvgIpc) is 2.77. The van der Waals surface area contributed by atoms with Crippen molar-refractivity contribution in [2.24, 2.45) is 0 Å². The molecule has 0 aliphatic heterocycles. The number of carbonyl (C=O) groups is 2. The summed E-state index contributed by atoms with van der Waals surface area (Å²) in [7, 11) is -3.26. The number of hydrogen-bond acceptors (Lipinski definition) is 6. The summed E-state index contributed by atoms with van der Waals surface area (Å²) >= 11 is 0. The normalized spacial score (nSPS) is 11.2. The van der Waals surface area contributed by atoms with E-state index in [1.165, 1.54) is 0 Å². The van der Waals surface area contributed by atoms with E-state index in [1.54, 1.807) is 54.9 Å². The number of amides is 2. The van der Waals surface area contributed by atoms with Gasteiger partial charge in [-0.3, -0.25) is 14.6 Å². The molecule has 0 saturated carbocycles. The molecule has 1 aromatic carbocycles. The highest BCUT2D eigenvalue weighted by Crippen LogP contribution is 2.21. The number of nitrogens with one attached hydrogen (secondary N) is 2. The van der Waals surface area contributed by atoms with E-state index in [0.717, 1.165) is 22.9 Å². The first-order valence-corrected chi connectivity index (χ1v) is 11.8. The molecule has 0 atom stereocenters. The van der Waals surface area contributed by atoms with Gasteiger partial charge in [0.15, 0.2) is 9.84 Å². The molecule has 32 heavy (non-hydrogen) atoms. The zero-order valence-corrected chi connectivity index (χ0v) is 18.8. The van der Waals surface area contributed by atoms with Crippen LogP contribution in [0.15, 0.2) is 65.8 Å². The van der Waals surface area contributed by atoms with Crippen LogP contribution >= 0.6 is 0 Å². The fraction of sp³-hybridized carbons (Fsp3) is 0.217. The molecule has 2 N–H and O–H groups in total. The molecule has 0 fully saturated rings. The summed E-state index contributed by atoms with van der Waals surface area (Å²) < 4.78 is 23.3. The summed E-state index contributed by atoms with van der Waals surface area (Å²) in [4.78, 5) is 33.2. The fourth-order valence-corrected chi connectivity index (χ4v) is 3.56. The minimum atomic E-state index is -3.26. The molecule has 2 aromatic heterocycles. The van der Waals surface area contributed by atoms with Crippen molar-refractivity contribution in [2.75, 3.05) is 6.26 Å². The molecule has 3 rings (SSSR count). The van der Waals surface area contributed by atoms with E-state index < -0.39 is 15.7 Å². The van der Waals surface area contributed by atoms with Crippen LogP contribution in [0.1, 0.15) is 40.4 Å². The Labute approximate surface area is 187 Å². The average molecular weight is 453 g/mol. The van der Waals surface area contributed by atoms with Gasteiger partial charge < -0.3 is 10.6 Å². The van der Waals surface area contributed by atoms with Crippen molar-refractivity contribution in [1.29, 1.82) is 0 Å². The first-order valence-electron chi connectivity index (χ1n) is 9.94. The van der Waals surface area contributed by atoms with Crippen molar-refractivity contribution in [1.82, 2.24) is 20.6 Å². The van der Waals surface area contributed by atoms with E-state index in [4.69, 9.17) is 0 Å². The molecule has 0 spiro atoms. The van der Waals surface area contributed by atoms with Crippen LogP contribution in [0.4, 0.5) is 0 Å². The van der Waals surface area contributed by atoms with Gasteiger partial charge in [-0.05, 0) is 55.3 Å². The second-order valence-electron chi connectivity index (χ2n) is 7.60. The fourth-order valence-electron chi connectivity index (χ4n) is 2.93. The van der Waals surface area contributed by atoms with E-state index in [-0.39, 0.29) is 34.8 Å². The van der Waals surface area contributed by atoms with Crippen molar-refractivity contribution in [2.45, 2.75) is 31.3 Å². The first kappa shape index (κ1) is 23.1. The molecular formula is C23H24N4O4S. The monoisotopic (exact) mass is 452 g/mol. The van der Waals surface area contributed by atoms with Gasteiger partial charge in [-0.1, -0.05) is 18.2 Å². The van der Waals surface area contributed by atoms with E-state index in [2.05, 4.69) is 20.6 Å². The molecule has 3 aromatic rings. The summed E-state index contributed by atoms with van der Waals surface area (Å²) in [6, 6.07) is 13.1. The summed E-state index contributed by atoms with van der Waals surface area (Å²) in [5, 5.41) is 5.52. The summed E-state index contributed by atoms with van der Waals surface area (Å²) in [5.41, 5.74) is 2.68. The highest BCUT2D eigenvalue weighted by Gasteiger charge is 2.13. The highest BCUT2D eigenvalue weighted by atomic mass is 32.2. The standard InChI is InChI=1S/C23H24N4O4S/c1-15(2)26-23(29)21-6-4-5-20(27-21)22(28)25-13-16-11-18(14-24-12-16)17-7-9-19(10-8-17)32(3,30)31/h4-12,14-15H,13H2,1-3H3,(H,25,28)(H,26,29). The smallest absolute Gasteiger partial charge is 0.270 e. The highest BCUT2D eigenvalue weighted by molar-refractivity contribution is 7.90. The van der Waals surface area contributed by atoms with Crippen molar-refractivity contribution >= 4 is 21.7 Å². The number of nitrogens with zero attached hydrogens (tertiary/aromatic N) is 2. The van der Waals surface area contributed by atoms with Crippen molar-refractivity contribution < 1.29 is 18.0 Å². The Kier molecular flexibility index (Phi) is 6.99. The first-order chi connectivity index (χ1) is 15.1. The third kappa shape index (κ3) is 5.98. The zero-order chi connectivity index (χ0) is 23.3. The lowest BCUT2D eigenvalue weighted by Gasteiger charge is -2.10. The van der Waals surface area contributed by atoms with Crippen LogP contribution in [-0.4, -0.2) is 42.5 Å². The van der Waals surface area contributed by atoms with E-state index in [9.17, 15) is 18.0 Å². The van der Waals surface area contributed by atoms with Crippen LogP contribution < -0.4 is 10.6 Å². The van der Waals surface area contributed by atoms with Crippen LogP contribution in [0.25, 0.3) is 11.1 Å². The SMILES string of the molecule is CC(C)NC(=O)c1cccc(C(=O)NCc2cncc(-c3ccc(S(C)(=O)=O)cc3)c2)n1. The van der Waals surface area contributed by atoms with Crippen LogP contribution in [-0.2, 0) is 16.4 Å². The Bertz CT molecular complexity index is 1240. The number of benzene rings is 1. The molecule has 0 unspecified atom stereocenters. The van der Waals surface area contributed by atoms with E-state index in [1.807, 2.05) is 19.9 Å². The number of rotatable bonds is 7. The second kappa shape index (κ2) is 9.69. The minimum Gasteiger partial charge on any atom is -0.349 e. The number of pyridine rings is 2. The minimum absolute atomic E-state index is 0.0378. The lowest BCUT2D eigenvalue weighted by atomic mass is 10.1. The van der Waals surface area contributed by atoms with Gasteiger partial charge in [-0.2, -0.15) is 0 Å². The van der Waals surface area contributed by atoms with Gasteiger partial charge in [0.05, 0.1) is 4.90 Å². The number of aromatic nitrogens is 2. The number of sulfone groups is 1. The maximum Gasteiger partial charge on any atom is 0.270 e. The topological polar surface area (TPSA) is 118 Å². The van der Waals surface area contributed by atoms with Gasteiger partial charge in [0.1, 0.15) is 11.4 Å². The Balaban J connectivity index is 1.69. The molecule has 166 valence electrons. The third-order valence-corrected chi connectivity index (χ3v) is 5.63. The molecule has 0 radical (unpaired) electrons. The van der Waals surface area contributed by atoms with Gasteiger partial charge >= 0.3 is 0 Å². The number of carbonyl (C=O) groups excluding carboxylic acids is 2. The molecule has 9 heteroatoms. The van der Waals surface area contributed by atoms with Gasteiger partial charge in [-0.25, -0.2) is 13.4 Å².